The van der Waals surface area contributed by atoms with Crippen LogP contribution in [0.15, 0.2) is 48.5 Å². The number of hydrogen-bond donors (Lipinski definition) is 0. The van der Waals surface area contributed by atoms with Crippen LogP contribution in [0.5, 0.6) is 5.75 Å². The summed E-state index contributed by atoms with van der Waals surface area (Å²) < 4.78 is 5.46. The standard InChI is InChI=1S/C13H9Cl2O/c14-11-3-1-10(2-4-11)9-16-13-7-5-12(15)6-8-13/h1-9H. The second-order valence-electron chi connectivity index (χ2n) is 3.24. The van der Waals surface area contributed by atoms with E-state index in [-0.39, 0.29) is 0 Å². The molecule has 0 amide bonds. The minimum Gasteiger partial charge on any atom is -0.481 e. The summed E-state index contributed by atoms with van der Waals surface area (Å²) >= 11 is 11.5. The minimum absolute atomic E-state index is 0.693. The predicted octanol–water partition coefficient (Wildman–Crippen LogP) is 4.58. The molecule has 0 fully saturated rings. The average Bonchev–Trinajstić information content (AvgIpc) is 2.30. The molecule has 1 nitrogen and oxygen atoms in total. The Balaban J connectivity index is 1.97. The normalized spacial score (nSPS) is 10.1. The molecule has 2 aromatic carbocycles. The van der Waals surface area contributed by atoms with E-state index in [1.54, 1.807) is 18.7 Å². The summed E-state index contributed by atoms with van der Waals surface area (Å²) in [5.74, 6) is 0.749. The van der Waals surface area contributed by atoms with Crippen LogP contribution in [0.2, 0.25) is 10.0 Å². The fourth-order valence-electron chi connectivity index (χ4n) is 1.19. The van der Waals surface area contributed by atoms with Gasteiger partial charge in [-0.25, -0.2) is 0 Å². The zero-order valence-corrected chi connectivity index (χ0v) is 9.87. The molecule has 0 saturated carbocycles. The largest absolute Gasteiger partial charge is 0.481 e. The molecule has 1 radical (unpaired) electrons. The Morgan fingerprint density at radius 2 is 1.25 bits per heavy atom. The highest BCUT2D eigenvalue weighted by Crippen LogP contribution is 2.18. The molecule has 81 valence electrons. The Morgan fingerprint density at radius 1 is 0.750 bits per heavy atom. The fourth-order valence-corrected chi connectivity index (χ4v) is 1.44. The molecular formula is C13H9Cl2O. The summed E-state index contributed by atoms with van der Waals surface area (Å²) in [7, 11) is 0. The second-order valence-corrected chi connectivity index (χ2v) is 4.11. The maximum atomic E-state index is 5.78. The monoisotopic (exact) mass is 251 g/mol. The Bertz CT molecular complexity index is 403. The second kappa shape index (κ2) is 5.24. The van der Waals surface area contributed by atoms with Crippen molar-refractivity contribution < 1.29 is 4.74 Å². The highest BCUT2D eigenvalue weighted by Gasteiger charge is 1.97. The van der Waals surface area contributed by atoms with Gasteiger partial charge in [0.2, 0.25) is 0 Å². The van der Waals surface area contributed by atoms with Crippen molar-refractivity contribution in [3.63, 3.8) is 0 Å². The van der Waals surface area contributed by atoms with E-state index in [9.17, 15) is 0 Å². The Hall–Kier alpha value is -1.18. The first-order valence-electron chi connectivity index (χ1n) is 4.75. The number of rotatable bonds is 3. The zero-order valence-electron chi connectivity index (χ0n) is 8.36. The molecular weight excluding hydrogens is 243 g/mol. The molecule has 2 rings (SSSR count). The smallest absolute Gasteiger partial charge is 0.165 e. The van der Waals surface area contributed by atoms with Gasteiger partial charge >= 0.3 is 0 Å². The number of hydrogen-bond acceptors (Lipinski definition) is 1. The first-order chi connectivity index (χ1) is 7.74. The molecule has 0 heterocycles. The quantitative estimate of drug-likeness (QED) is 0.776. The van der Waals surface area contributed by atoms with Crippen molar-refractivity contribution in [2.45, 2.75) is 0 Å². The number of halogens is 2. The SMILES string of the molecule is Clc1ccc([CH]Oc2ccc(Cl)cc2)cc1. The van der Waals surface area contributed by atoms with Crippen LogP contribution in [0, 0.1) is 6.61 Å². The van der Waals surface area contributed by atoms with Crippen LogP contribution in [0.1, 0.15) is 5.56 Å². The summed E-state index contributed by atoms with van der Waals surface area (Å²) in [6.07, 6.45) is 0. The number of ether oxygens (including phenoxy) is 1. The first-order valence-corrected chi connectivity index (χ1v) is 5.51. The molecule has 0 bridgehead atoms. The third-order valence-corrected chi connectivity index (χ3v) is 2.52. The van der Waals surface area contributed by atoms with Gasteiger partial charge in [-0.3, -0.25) is 0 Å². The zero-order chi connectivity index (χ0) is 11.4. The van der Waals surface area contributed by atoms with Gasteiger partial charge in [0.05, 0.1) is 0 Å². The molecule has 0 aliphatic heterocycles. The van der Waals surface area contributed by atoms with Gasteiger partial charge in [0.25, 0.3) is 0 Å². The summed E-state index contributed by atoms with van der Waals surface area (Å²) in [6.45, 7) is 1.67. The Labute approximate surface area is 105 Å². The van der Waals surface area contributed by atoms with Crippen molar-refractivity contribution >= 4 is 23.2 Å². The van der Waals surface area contributed by atoms with Crippen LogP contribution in [0.4, 0.5) is 0 Å². The highest BCUT2D eigenvalue weighted by molar-refractivity contribution is 6.30. The van der Waals surface area contributed by atoms with E-state index in [4.69, 9.17) is 27.9 Å². The molecule has 0 aliphatic carbocycles. The van der Waals surface area contributed by atoms with Crippen molar-refractivity contribution in [1.29, 1.82) is 0 Å². The van der Waals surface area contributed by atoms with Gasteiger partial charge in [-0.05, 0) is 42.0 Å². The van der Waals surface area contributed by atoms with E-state index in [1.165, 1.54) is 0 Å². The Morgan fingerprint density at radius 3 is 1.81 bits per heavy atom. The van der Waals surface area contributed by atoms with Crippen LogP contribution in [-0.2, 0) is 0 Å². The average molecular weight is 252 g/mol. The van der Waals surface area contributed by atoms with Crippen molar-refractivity contribution in [2.75, 3.05) is 0 Å². The Kier molecular flexibility index (Phi) is 3.70. The van der Waals surface area contributed by atoms with Crippen LogP contribution in [0.25, 0.3) is 0 Å². The lowest BCUT2D eigenvalue weighted by atomic mass is 10.2. The van der Waals surface area contributed by atoms with E-state index in [1.807, 2.05) is 36.4 Å². The molecule has 0 aromatic heterocycles. The predicted molar refractivity (Wildman–Crippen MR) is 66.9 cm³/mol. The van der Waals surface area contributed by atoms with Crippen LogP contribution >= 0.6 is 23.2 Å². The van der Waals surface area contributed by atoms with E-state index in [0.29, 0.717) is 10.0 Å². The molecule has 0 saturated heterocycles. The van der Waals surface area contributed by atoms with Gasteiger partial charge in [0.1, 0.15) is 5.75 Å². The number of benzene rings is 2. The molecule has 2 aromatic rings. The fraction of sp³-hybridized carbons (Fsp3) is 0. The third kappa shape index (κ3) is 3.16. The van der Waals surface area contributed by atoms with Gasteiger partial charge in [0.15, 0.2) is 6.61 Å². The van der Waals surface area contributed by atoms with Crippen LogP contribution in [-0.4, -0.2) is 0 Å². The van der Waals surface area contributed by atoms with Crippen molar-refractivity contribution in [3.8, 4) is 5.75 Å². The van der Waals surface area contributed by atoms with Gasteiger partial charge < -0.3 is 4.74 Å². The van der Waals surface area contributed by atoms with Gasteiger partial charge in [-0.2, -0.15) is 0 Å². The summed E-state index contributed by atoms with van der Waals surface area (Å²) in [5, 5.41) is 1.41. The lowest BCUT2D eigenvalue weighted by molar-refractivity contribution is 0.428. The van der Waals surface area contributed by atoms with Gasteiger partial charge in [0, 0.05) is 10.0 Å². The maximum absolute atomic E-state index is 5.78. The summed E-state index contributed by atoms with van der Waals surface area (Å²) in [5.41, 5.74) is 0.958. The molecule has 16 heavy (non-hydrogen) atoms. The van der Waals surface area contributed by atoms with Gasteiger partial charge in [-0.1, -0.05) is 35.3 Å². The van der Waals surface area contributed by atoms with E-state index in [0.717, 1.165) is 11.3 Å². The molecule has 0 unspecified atom stereocenters. The highest BCUT2D eigenvalue weighted by atomic mass is 35.5. The molecule has 0 aliphatic rings. The van der Waals surface area contributed by atoms with E-state index < -0.39 is 0 Å². The summed E-state index contributed by atoms with van der Waals surface area (Å²) in [6, 6.07) is 14.6. The lowest BCUT2D eigenvalue weighted by Crippen LogP contribution is -1.91. The van der Waals surface area contributed by atoms with E-state index >= 15 is 0 Å². The first kappa shape index (κ1) is 11.3. The van der Waals surface area contributed by atoms with Crippen LogP contribution in [0.3, 0.4) is 0 Å². The molecule has 0 atom stereocenters. The minimum atomic E-state index is 0.693. The van der Waals surface area contributed by atoms with Crippen molar-refractivity contribution in [2.24, 2.45) is 0 Å². The molecule has 0 spiro atoms. The summed E-state index contributed by atoms with van der Waals surface area (Å²) in [4.78, 5) is 0. The third-order valence-electron chi connectivity index (χ3n) is 2.01. The lowest BCUT2D eigenvalue weighted by Gasteiger charge is -2.05. The van der Waals surface area contributed by atoms with Gasteiger partial charge in [-0.15, -0.1) is 0 Å². The molecule has 3 heteroatoms. The van der Waals surface area contributed by atoms with Crippen molar-refractivity contribution in [1.82, 2.24) is 0 Å². The van der Waals surface area contributed by atoms with E-state index in [2.05, 4.69) is 0 Å². The van der Waals surface area contributed by atoms with Crippen LogP contribution < -0.4 is 4.74 Å². The molecule has 0 N–H and O–H groups in total. The maximum Gasteiger partial charge on any atom is 0.165 e. The van der Waals surface area contributed by atoms with Crippen molar-refractivity contribution in [3.05, 3.63) is 70.7 Å². The topological polar surface area (TPSA) is 9.23 Å².